The van der Waals surface area contributed by atoms with Gasteiger partial charge in [-0.25, -0.2) is 0 Å². The fraction of sp³-hybridized carbons (Fsp3) is 0.353. The Morgan fingerprint density at radius 3 is 2.95 bits per heavy atom. The lowest BCUT2D eigenvalue weighted by Gasteiger charge is -2.14. The molecule has 4 nitrogen and oxygen atoms in total. The molecule has 2 rings (SSSR count). The van der Waals surface area contributed by atoms with E-state index in [-0.39, 0.29) is 12.5 Å². The van der Waals surface area contributed by atoms with Crippen molar-refractivity contribution >= 4 is 11.6 Å². The van der Waals surface area contributed by atoms with E-state index in [0.717, 1.165) is 23.4 Å². The molecule has 2 N–H and O–H groups in total. The minimum atomic E-state index is 0.174. The SMILES string of the molecule is CC(CO)CNCc1cc(Cl)ccc1OCc1cccnc1. The Hall–Kier alpha value is -1.62. The second-order valence-electron chi connectivity index (χ2n) is 5.32. The van der Waals surface area contributed by atoms with Crippen molar-refractivity contribution in [3.63, 3.8) is 0 Å². The molecule has 1 aromatic heterocycles. The molecule has 1 unspecified atom stereocenters. The first-order valence-electron chi connectivity index (χ1n) is 7.30. The number of nitrogens with one attached hydrogen (secondary N) is 1. The number of ether oxygens (including phenoxy) is 1. The molecule has 0 aliphatic carbocycles. The van der Waals surface area contributed by atoms with Gasteiger partial charge >= 0.3 is 0 Å². The second kappa shape index (κ2) is 8.73. The highest BCUT2D eigenvalue weighted by Gasteiger charge is 2.07. The average Bonchev–Trinajstić information content (AvgIpc) is 2.55. The van der Waals surface area contributed by atoms with Crippen LogP contribution in [0.2, 0.25) is 5.02 Å². The van der Waals surface area contributed by atoms with Crippen molar-refractivity contribution in [2.45, 2.75) is 20.1 Å². The Kier molecular flexibility index (Phi) is 6.65. The Balaban J connectivity index is 1.97. The third-order valence-electron chi connectivity index (χ3n) is 3.26. The fourth-order valence-corrected chi connectivity index (χ4v) is 2.18. The number of pyridine rings is 1. The normalized spacial score (nSPS) is 12.1. The van der Waals surface area contributed by atoms with E-state index in [0.29, 0.717) is 18.2 Å². The topological polar surface area (TPSA) is 54.4 Å². The molecular formula is C17H21ClN2O2. The van der Waals surface area contributed by atoms with Crippen molar-refractivity contribution in [1.82, 2.24) is 10.3 Å². The predicted octanol–water partition coefficient (Wildman–Crippen LogP) is 3.03. The Morgan fingerprint density at radius 1 is 1.36 bits per heavy atom. The largest absolute Gasteiger partial charge is 0.489 e. The highest BCUT2D eigenvalue weighted by atomic mass is 35.5. The first-order valence-corrected chi connectivity index (χ1v) is 7.68. The molecule has 5 heteroatoms. The summed E-state index contributed by atoms with van der Waals surface area (Å²) in [4.78, 5) is 4.07. The molecule has 0 aliphatic heterocycles. The van der Waals surface area contributed by atoms with Crippen molar-refractivity contribution in [1.29, 1.82) is 0 Å². The van der Waals surface area contributed by atoms with Gasteiger partial charge in [0.15, 0.2) is 0 Å². The predicted molar refractivity (Wildman–Crippen MR) is 88.0 cm³/mol. The van der Waals surface area contributed by atoms with E-state index in [1.165, 1.54) is 0 Å². The molecule has 0 saturated heterocycles. The zero-order valence-electron chi connectivity index (χ0n) is 12.6. The van der Waals surface area contributed by atoms with Crippen LogP contribution >= 0.6 is 11.6 Å². The van der Waals surface area contributed by atoms with E-state index in [4.69, 9.17) is 21.4 Å². The van der Waals surface area contributed by atoms with Gasteiger partial charge in [0.05, 0.1) is 0 Å². The molecule has 0 amide bonds. The van der Waals surface area contributed by atoms with Crippen molar-refractivity contribution in [2.75, 3.05) is 13.2 Å². The van der Waals surface area contributed by atoms with E-state index < -0.39 is 0 Å². The number of rotatable bonds is 8. The molecule has 2 aromatic rings. The van der Waals surface area contributed by atoms with Gasteiger partial charge in [-0.15, -0.1) is 0 Å². The summed E-state index contributed by atoms with van der Waals surface area (Å²) in [5, 5.41) is 13.0. The number of halogens is 1. The molecule has 22 heavy (non-hydrogen) atoms. The lowest BCUT2D eigenvalue weighted by molar-refractivity contribution is 0.233. The maximum Gasteiger partial charge on any atom is 0.124 e. The molecule has 0 aliphatic rings. The third-order valence-corrected chi connectivity index (χ3v) is 3.49. The van der Waals surface area contributed by atoms with Crippen LogP contribution in [-0.2, 0) is 13.2 Å². The maximum absolute atomic E-state index is 9.05. The summed E-state index contributed by atoms with van der Waals surface area (Å²) < 4.78 is 5.87. The summed E-state index contributed by atoms with van der Waals surface area (Å²) in [7, 11) is 0. The van der Waals surface area contributed by atoms with Gasteiger partial charge in [-0.05, 0) is 30.2 Å². The molecule has 1 atom stereocenters. The summed E-state index contributed by atoms with van der Waals surface area (Å²) in [5.41, 5.74) is 2.02. The van der Waals surface area contributed by atoms with Gasteiger partial charge in [-0.2, -0.15) is 0 Å². The molecule has 118 valence electrons. The van der Waals surface area contributed by atoms with Crippen LogP contribution < -0.4 is 10.1 Å². The van der Waals surface area contributed by atoms with E-state index in [1.807, 2.05) is 37.3 Å². The fourth-order valence-electron chi connectivity index (χ4n) is 1.99. The zero-order chi connectivity index (χ0) is 15.8. The van der Waals surface area contributed by atoms with Crippen molar-refractivity contribution in [3.05, 3.63) is 58.9 Å². The Labute approximate surface area is 136 Å². The molecule has 0 saturated carbocycles. The van der Waals surface area contributed by atoms with Crippen LogP contribution in [-0.4, -0.2) is 23.2 Å². The monoisotopic (exact) mass is 320 g/mol. The molecular weight excluding hydrogens is 300 g/mol. The van der Waals surface area contributed by atoms with Crippen LogP contribution in [0.4, 0.5) is 0 Å². The minimum absolute atomic E-state index is 0.174. The number of aromatic nitrogens is 1. The number of hydrogen-bond acceptors (Lipinski definition) is 4. The lowest BCUT2D eigenvalue weighted by atomic mass is 10.1. The highest BCUT2D eigenvalue weighted by molar-refractivity contribution is 6.30. The minimum Gasteiger partial charge on any atom is -0.489 e. The maximum atomic E-state index is 9.05. The van der Waals surface area contributed by atoms with E-state index in [2.05, 4.69) is 10.3 Å². The highest BCUT2D eigenvalue weighted by Crippen LogP contribution is 2.23. The van der Waals surface area contributed by atoms with Gasteiger partial charge in [-0.3, -0.25) is 4.98 Å². The molecule has 1 heterocycles. The number of aliphatic hydroxyl groups is 1. The summed E-state index contributed by atoms with van der Waals surface area (Å²) in [5.74, 6) is 1.02. The molecule has 1 aromatic carbocycles. The Bertz CT molecular complexity index is 578. The lowest BCUT2D eigenvalue weighted by Crippen LogP contribution is -2.23. The number of nitrogens with zero attached hydrogens (tertiary/aromatic N) is 1. The van der Waals surface area contributed by atoms with Crippen LogP contribution in [0.15, 0.2) is 42.7 Å². The second-order valence-corrected chi connectivity index (χ2v) is 5.76. The van der Waals surface area contributed by atoms with Gasteiger partial charge in [-0.1, -0.05) is 24.6 Å². The standard InChI is InChI=1S/C17H21ClN2O2/c1-13(11-21)8-20-10-15-7-16(18)4-5-17(15)22-12-14-3-2-6-19-9-14/h2-7,9,13,20-21H,8,10-12H2,1H3. The average molecular weight is 321 g/mol. The van der Waals surface area contributed by atoms with Gasteiger partial charge < -0.3 is 15.2 Å². The quantitative estimate of drug-likeness (QED) is 0.785. The zero-order valence-corrected chi connectivity index (χ0v) is 13.4. The van der Waals surface area contributed by atoms with Gasteiger partial charge in [0, 0.05) is 48.2 Å². The van der Waals surface area contributed by atoms with Crippen LogP contribution in [0, 0.1) is 5.92 Å². The molecule has 0 bridgehead atoms. The first kappa shape index (κ1) is 16.7. The van der Waals surface area contributed by atoms with Crippen LogP contribution in [0.25, 0.3) is 0 Å². The van der Waals surface area contributed by atoms with Crippen molar-refractivity contribution in [2.24, 2.45) is 5.92 Å². The molecule has 0 fully saturated rings. The van der Waals surface area contributed by atoms with Gasteiger partial charge in [0.1, 0.15) is 12.4 Å². The molecule has 0 radical (unpaired) electrons. The summed E-state index contributed by atoms with van der Waals surface area (Å²) in [6, 6.07) is 9.46. The first-order chi connectivity index (χ1) is 10.7. The van der Waals surface area contributed by atoms with E-state index >= 15 is 0 Å². The van der Waals surface area contributed by atoms with Crippen LogP contribution in [0.3, 0.4) is 0 Å². The van der Waals surface area contributed by atoms with E-state index in [1.54, 1.807) is 12.4 Å². The number of aliphatic hydroxyl groups excluding tert-OH is 1. The summed E-state index contributed by atoms with van der Waals surface area (Å²) in [6.45, 7) is 4.02. The van der Waals surface area contributed by atoms with Gasteiger partial charge in [0.25, 0.3) is 0 Å². The number of benzene rings is 1. The Morgan fingerprint density at radius 2 is 2.23 bits per heavy atom. The third kappa shape index (κ3) is 5.30. The number of hydrogen-bond donors (Lipinski definition) is 2. The molecule has 0 spiro atoms. The van der Waals surface area contributed by atoms with Crippen LogP contribution in [0.5, 0.6) is 5.75 Å². The van der Waals surface area contributed by atoms with E-state index in [9.17, 15) is 0 Å². The summed E-state index contributed by atoms with van der Waals surface area (Å²) in [6.07, 6.45) is 3.53. The summed E-state index contributed by atoms with van der Waals surface area (Å²) >= 11 is 6.07. The van der Waals surface area contributed by atoms with Crippen molar-refractivity contribution in [3.8, 4) is 5.75 Å². The smallest absolute Gasteiger partial charge is 0.124 e. The van der Waals surface area contributed by atoms with Crippen LogP contribution in [0.1, 0.15) is 18.1 Å². The van der Waals surface area contributed by atoms with Crippen molar-refractivity contribution < 1.29 is 9.84 Å². The van der Waals surface area contributed by atoms with Gasteiger partial charge in [0.2, 0.25) is 0 Å².